The normalized spacial score (nSPS) is 21.3. The smallest absolute Gasteiger partial charge is 0.416 e. The first-order valence-corrected chi connectivity index (χ1v) is 12.8. The summed E-state index contributed by atoms with van der Waals surface area (Å²) in [6, 6.07) is 5.73. The molecule has 2 aromatic carbocycles. The molecule has 0 saturated heterocycles. The van der Waals surface area contributed by atoms with E-state index in [1.165, 1.54) is 25.2 Å². The number of hydrogen-bond donors (Lipinski definition) is 4. The van der Waals surface area contributed by atoms with Crippen molar-refractivity contribution < 1.29 is 52.3 Å². The van der Waals surface area contributed by atoms with Crippen LogP contribution in [-0.2, 0) is 22.3 Å². The van der Waals surface area contributed by atoms with E-state index in [1.807, 2.05) is 0 Å². The second-order valence-corrected chi connectivity index (χ2v) is 9.58. The molecule has 4 N–H and O–H groups in total. The topological polar surface area (TPSA) is 138 Å². The molecule has 1 aliphatic heterocycles. The largest absolute Gasteiger partial charge is 0.493 e. The van der Waals surface area contributed by atoms with Gasteiger partial charge in [-0.05, 0) is 48.0 Å². The van der Waals surface area contributed by atoms with E-state index in [0.29, 0.717) is 11.1 Å². The molecule has 13 heteroatoms. The van der Waals surface area contributed by atoms with Crippen molar-refractivity contribution in [2.75, 3.05) is 40.5 Å². The van der Waals surface area contributed by atoms with Crippen LogP contribution in [-0.4, -0.2) is 90.8 Å². The van der Waals surface area contributed by atoms with Gasteiger partial charge in [-0.2, -0.15) is 13.2 Å². The van der Waals surface area contributed by atoms with Crippen LogP contribution in [0, 0.1) is 0 Å². The molecule has 4 atom stereocenters. The summed E-state index contributed by atoms with van der Waals surface area (Å²) in [5.41, 5.74) is 0.119. The lowest BCUT2D eigenvalue weighted by Gasteiger charge is -2.40. The van der Waals surface area contributed by atoms with E-state index in [2.05, 4.69) is 5.32 Å². The molecular formula is C28H31F3N2O8. The minimum absolute atomic E-state index is 0.0261. The SMILES string of the molecule is COCCN(C(=O)c1ccc(C(F)(F)F)cc1)C1C=C(C(=O)NCCO)C2c3cc(CO)cc(OC)c3OC2C1O. The van der Waals surface area contributed by atoms with E-state index in [1.54, 1.807) is 12.1 Å². The number of benzene rings is 2. The van der Waals surface area contributed by atoms with Crippen molar-refractivity contribution >= 4 is 11.8 Å². The summed E-state index contributed by atoms with van der Waals surface area (Å²) in [5.74, 6) is -1.56. The average Bonchev–Trinajstić information content (AvgIpc) is 3.36. The Morgan fingerprint density at radius 2 is 1.83 bits per heavy atom. The second-order valence-electron chi connectivity index (χ2n) is 9.58. The standard InChI is InChI=1S/C28H31F3N2O8/c1-39-10-8-33(27(38)16-3-5-17(6-4-16)28(29,30)31)20-13-19(26(37)32-7-9-34)22-18-11-15(14-35)12-21(40-2)24(18)41-25(22)23(20)36/h3-6,11-13,20,22-23,25,34-36H,7-10,14H2,1-2H3,(H,32,37). The third-order valence-corrected chi connectivity index (χ3v) is 7.11. The summed E-state index contributed by atoms with van der Waals surface area (Å²) in [6.45, 7) is -0.761. The molecule has 1 heterocycles. The van der Waals surface area contributed by atoms with Gasteiger partial charge in [0.15, 0.2) is 11.5 Å². The van der Waals surface area contributed by atoms with Gasteiger partial charge >= 0.3 is 6.18 Å². The van der Waals surface area contributed by atoms with E-state index in [9.17, 15) is 38.1 Å². The Bertz CT molecular complexity index is 1300. The van der Waals surface area contributed by atoms with Crippen LogP contribution in [0.15, 0.2) is 48.0 Å². The third-order valence-electron chi connectivity index (χ3n) is 7.11. The van der Waals surface area contributed by atoms with E-state index in [0.717, 1.165) is 24.3 Å². The first-order valence-electron chi connectivity index (χ1n) is 12.8. The maximum Gasteiger partial charge on any atom is 0.416 e. The summed E-state index contributed by atoms with van der Waals surface area (Å²) >= 11 is 0. The van der Waals surface area contributed by atoms with Crippen LogP contribution >= 0.6 is 0 Å². The number of ether oxygens (including phenoxy) is 3. The Labute approximate surface area is 233 Å². The number of nitrogens with one attached hydrogen (secondary N) is 1. The van der Waals surface area contributed by atoms with Gasteiger partial charge in [0.2, 0.25) is 5.91 Å². The molecule has 0 aromatic heterocycles. The number of fused-ring (bicyclic) bond motifs is 3. The fourth-order valence-electron chi connectivity index (χ4n) is 5.16. The van der Waals surface area contributed by atoms with Crippen molar-refractivity contribution in [3.05, 3.63) is 70.3 Å². The van der Waals surface area contributed by atoms with Gasteiger partial charge in [-0.3, -0.25) is 9.59 Å². The van der Waals surface area contributed by atoms with Gasteiger partial charge in [0, 0.05) is 36.9 Å². The van der Waals surface area contributed by atoms with Crippen molar-refractivity contribution in [3.8, 4) is 11.5 Å². The summed E-state index contributed by atoms with van der Waals surface area (Å²) in [5, 5.41) is 33.2. The molecule has 0 spiro atoms. The van der Waals surface area contributed by atoms with E-state index < -0.39 is 47.7 Å². The number of hydrogen-bond acceptors (Lipinski definition) is 8. The number of rotatable bonds is 10. The molecular weight excluding hydrogens is 549 g/mol. The molecule has 0 saturated carbocycles. The Balaban J connectivity index is 1.79. The number of aliphatic hydroxyl groups is 3. The molecule has 0 radical (unpaired) electrons. The van der Waals surface area contributed by atoms with Crippen molar-refractivity contribution in [3.63, 3.8) is 0 Å². The lowest BCUT2D eigenvalue weighted by atomic mass is 9.77. The molecule has 2 aromatic rings. The highest BCUT2D eigenvalue weighted by Gasteiger charge is 2.51. The number of halogens is 3. The number of alkyl halides is 3. The fourth-order valence-corrected chi connectivity index (χ4v) is 5.16. The minimum Gasteiger partial charge on any atom is -0.493 e. The van der Waals surface area contributed by atoms with Crippen molar-refractivity contribution in [2.24, 2.45) is 0 Å². The first-order chi connectivity index (χ1) is 19.5. The van der Waals surface area contributed by atoms with Crippen molar-refractivity contribution in [1.82, 2.24) is 10.2 Å². The Kier molecular flexibility index (Phi) is 9.22. The highest BCUT2D eigenvalue weighted by atomic mass is 19.4. The predicted octanol–water partition coefficient (Wildman–Crippen LogP) is 1.62. The molecule has 4 unspecified atom stereocenters. The highest BCUT2D eigenvalue weighted by Crippen LogP contribution is 2.51. The predicted molar refractivity (Wildman–Crippen MR) is 138 cm³/mol. The van der Waals surface area contributed by atoms with Crippen LogP contribution < -0.4 is 14.8 Å². The molecule has 2 aliphatic rings. The second kappa shape index (κ2) is 12.5. The molecule has 0 fully saturated rings. The number of nitrogens with zero attached hydrogens (tertiary/aromatic N) is 1. The Morgan fingerprint density at radius 3 is 2.41 bits per heavy atom. The van der Waals surface area contributed by atoms with E-state index >= 15 is 0 Å². The van der Waals surface area contributed by atoms with Crippen molar-refractivity contribution in [2.45, 2.75) is 37.0 Å². The first kappa shape index (κ1) is 30.3. The number of carbonyl (C=O) groups excluding carboxylic acids is 2. The number of aliphatic hydroxyl groups excluding tert-OH is 3. The van der Waals surface area contributed by atoms with E-state index in [-0.39, 0.29) is 55.5 Å². The van der Waals surface area contributed by atoms with Gasteiger partial charge in [-0.15, -0.1) is 0 Å². The highest BCUT2D eigenvalue weighted by molar-refractivity contribution is 5.97. The number of carbonyl (C=O) groups is 2. The summed E-state index contributed by atoms with van der Waals surface area (Å²) < 4.78 is 56.0. The Hall–Kier alpha value is -3.65. The lowest BCUT2D eigenvalue weighted by Crippen LogP contribution is -2.56. The molecule has 4 rings (SSSR count). The molecule has 41 heavy (non-hydrogen) atoms. The van der Waals surface area contributed by atoms with Gasteiger partial charge in [0.1, 0.15) is 12.2 Å². The maximum absolute atomic E-state index is 13.6. The molecule has 10 nitrogen and oxygen atoms in total. The van der Waals surface area contributed by atoms with Gasteiger partial charge in [-0.1, -0.05) is 0 Å². The van der Waals surface area contributed by atoms with Gasteiger partial charge < -0.3 is 39.7 Å². The number of amides is 2. The zero-order chi connectivity index (χ0) is 29.9. The lowest BCUT2D eigenvalue weighted by molar-refractivity contribution is -0.137. The molecule has 0 bridgehead atoms. The van der Waals surface area contributed by atoms with Crippen LogP contribution in [0.3, 0.4) is 0 Å². The number of methoxy groups -OCH3 is 2. The third kappa shape index (κ3) is 6.03. The van der Waals surface area contributed by atoms with Gasteiger partial charge in [-0.25, -0.2) is 0 Å². The molecule has 222 valence electrons. The zero-order valence-corrected chi connectivity index (χ0v) is 22.4. The summed E-state index contributed by atoms with van der Waals surface area (Å²) in [7, 11) is 2.81. The van der Waals surface area contributed by atoms with Gasteiger partial charge in [0.05, 0.1) is 44.5 Å². The summed E-state index contributed by atoms with van der Waals surface area (Å²) in [4.78, 5) is 28.2. The molecule has 2 amide bonds. The maximum atomic E-state index is 13.6. The van der Waals surface area contributed by atoms with Crippen LogP contribution in [0.5, 0.6) is 11.5 Å². The van der Waals surface area contributed by atoms with Crippen LogP contribution in [0.25, 0.3) is 0 Å². The fraction of sp³-hybridized carbons (Fsp3) is 0.429. The van der Waals surface area contributed by atoms with Gasteiger partial charge in [0.25, 0.3) is 5.91 Å². The van der Waals surface area contributed by atoms with E-state index in [4.69, 9.17) is 14.2 Å². The van der Waals surface area contributed by atoms with Crippen LogP contribution in [0.2, 0.25) is 0 Å². The zero-order valence-electron chi connectivity index (χ0n) is 22.4. The quantitative estimate of drug-likeness (QED) is 0.333. The minimum atomic E-state index is -4.59. The van der Waals surface area contributed by atoms with Crippen LogP contribution in [0.1, 0.15) is 33.0 Å². The van der Waals surface area contributed by atoms with Crippen LogP contribution in [0.4, 0.5) is 13.2 Å². The average molecular weight is 581 g/mol. The molecule has 1 aliphatic carbocycles. The Morgan fingerprint density at radius 1 is 1.12 bits per heavy atom. The summed E-state index contributed by atoms with van der Waals surface area (Å²) in [6.07, 6.45) is -5.62. The van der Waals surface area contributed by atoms with Crippen molar-refractivity contribution in [1.29, 1.82) is 0 Å². The monoisotopic (exact) mass is 580 g/mol.